The van der Waals surface area contributed by atoms with Crippen LogP contribution >= 0.6 is 0 Å². The Bertz CT molecular complexity index is 389. The summed E-state index contributed by atoms with van der Waals surface area (Å²) >= 11 is 0. The van der Waals surface area contributed by atoms with E-state index in [9.17, 15) is 22.8 Å². The molecular weight excluding hydrogens is 279 g/mol. The van der Waals surface area contributed by atoms with Gasteiger partial charge in [0, 0.05) is 13.1 Å². The number of ether oxygens (including phenoxy) is 1. The van der Waals surface area contributed by atoms with Crippen molar-refractivity contribution in [3.05, 3.63) is 0 Å². The predicted octanol–water partition coefficient (Wildman–Crippen LogP) is 2.51. The van der Waals surface area contributed by atoms with Gasteiger partial charge in [0.2, 0.25) is 0 Å². The van der Waals surface area contributed by atoms with E-state index >= 15 is 0 Å². The van der Waals surface area contributed by atoms with Gasteiger partial charge in [-0.1, -0.05) is 0 Å². The lowest BCUT2D eigenvalue weighted by Crippen LogP contribution is -2.51. The first-order valence-corrected chi connectivity index (χ1v) is 6.19. The molecule has 0 saturated carbocycles. The van der Waals surface area contributed by atoms with Crippen molar-refractivity contribution in [2.45, 2.75) is 39.0 Å². The molecular formula is C12H18F3NO4. The zero-order chi connectivity index (χ0) is 15.7. The number of alkyl halides is 3. The highest BCUT2D eigenvalue weighted by molar-refractivity contribution is 5.73. The minimum atomic E-state index is -4.58. The molecule has 0 bridgehead atoms. The molecule has 0 aromatic carbocycles. The Hall–Kier alpha value is -1.47. The average Bonchev–Trinajstić information content (AvgIpc) is 2.24. The molecule has 0 radical (unpaired) electrons. The number of hydrogen-bond acceptors (Lipinski definition) is 3. The summed E-state index contributed by atoms with van der Waals surface area (Å²) in [5.41, 5.74) is -0.781. The van der Waals surface area contributed by atoms with Crippen LogP contribution in [0.4, 0.5) is 18.0 Å². The Morgan fingerprint density at radius 2 is 1.80 bits per heavy atom. The summed E-state index contributed by atoms with van der Waals surface area (Å²) in [4.78, 5) is 23.8. The van der Waals surface area contributed by atoms with E-state index < -0.39 is 48.6 Å². The van der Waals surface area contributed by atoms with Gasteiger partial charge < -0.3 is 14.7 Å². The first kappa shape index (κ1) is 16.6. The predicted molar refractivity (Wildman–Crippen MR) is 63.1 cm³/mol. The Morgan fingerprint density at radius 1 is 1.25 bits per heavy atom. The van der Waals surface area contributed by atoms with Gasteiger partial charge in [0.1, 0.15) is 5.60 Å². The van der Waals surface area contributed by atoms with Gasteiger partial charge in [-0.25, -0.2) is 4.79 Å². The second-order valence-corrected chi connectivity index (χ2v) is 5.81. The number of piperidine rings is 1. The van der Waals surface area contributed by atoms with Crippen molar-refractivity contribution < 1.29 is 32.6 Å². The van der Waals surface area contributed by atoms with Crippen LogP contribution in [-0.2, 0) is 9.53 Å². The molecule has 1 rings (SSSR count). The van der Waals surface area contributed by atoms with Crippen LogP contribution in [0.25, 0.3) is 0 Å². The van der Waals surface area contributed by atoms with Crippen LogP contribution in [0.5, 0.6) is 0 Å². The standard InChI is InChI=1S/C12H18F3NO4/c1-11(2,3)20-10(19)16-5-4-8(12(13,14)15)7(6-16)9(17)18/h7-8H,4-6H2,1-3H3,(H,17,18)/t7-,8-/m1/s1. The van der Waals surface area contributed by atoms with Crippen molar-refractivity contribution in [2.24, 2.45) is 11.8 Å². The Balaban J connectivity index is 2.79. The summed E-state index contributed by atoms with van der Waals surface area (Å²) in [5, 5.41) is 8.93. The third kappa shape index (κ3) is 4.28. The van der Waals surface area contributed by atoms with Crippen molar-refractivity contribution in [3.63, 3.8) is 0 Å². The second kappa shape index (κ2) is 5.49. The fourth-order valence-electron chi connectivity index (χ4n) is 2.09. The number of nitrogens with zero attached hydrogens (tertiary/aromatic N) is 1. The molecule has 1 aliphatic rings. The summed E-state index contributed by atoms with van der Waals surface area (Å²) in [6.45, 7) is 4.23. The number of likely N-dealkylation sites (tertiary alicyclic amines) is 1. The monoisotopic (exact) mass is 297 g/mol. The highest BCUT2D eigenvalue weighted by Crippen LogP contribution is 2.38. The number of halogens is 3. The smallest absolute Gasteiger partial charge is 0.410 e. The van der Waals surface area contributed by atoms with Crippen molar-refractivity contribution >= 4 is 12.1 Å². The molecule has 1 saturated heterocycles. The third-order valence-corrected chi connectivity index (χ3v) is 3.00. The molecule has 8 heteroatoms. The largest absolute Gasteiger partial charge is 0.481 e. The Kier molecular flexibility index (Phi) is 4.55. The molecule has 116 valence electrons. The minimum absolute atomic E-state index is 0.164. The molecule has 1 N–H and O–H groups in total. The van der Waals surface area contributed by atoms with E-state index in [4.69, 9.17) is 9.84 Å². The first-order valence-electron chi connectivity index (χ1n) is 6.19. The number of carboxylic acids is 1. The Morgan fingerprint density at radius 3 is 2.20 bits per heavy atom. The molecule has 0 spiro atoms. The van der Waals surface area contributed by atoms with E-state index in [0.29, 0.717) is 0 Å². The van der Waals surface area contributed by atoms with Crippen molar-refractivity contribution in [3.8, 4) is 0 Å². The maximum atomic E-state index is 12.8. The molecule has 2 atom stereocenters. The number of hydrogen-bond donors (Lipinski definition) is 1. The van der Waals surface area contributed by atoms with Gasteiger partial charge >= 0.3 is 18.2 Å². The van der Waals surface area contributed by atoms with E-state index in [-0.39, 0.29) is 6.54 Å². The number of amides is 1. The summed E-state index contributed by atoms with van der Waals surface area (Å²) < 4.78 is 43.3. The lowest BCUT2D eigenvalue weighted by Gasteiger charge is -2.37. The van der Waals surface area contributed by atoms with Gasteiger partial charge in [0.25, 0.3) is 0 Å². The van der Waals surface area contributed by atoms with Gasteiger partial charge in [-0.05, 0) is 27.2 Å². The number of carbonyl (C=O) groups is 2. The van der Waals surface area contributed by atoms with E-state index in [2.05, 4.69) is 0 Å². The quantitative estimate of drug-likeness (QED) is 0.807. The summed E-state index contributed by atoms with van der Waals surface area (Å²) in [5.74, 6) is -5.14. The average molecular weight is 297 g/mol. The molecule has 0 aliphatic carbocycles. The maximum Gasteiger partial charge on any atom is 0.410 e. The zero-order valence-electron chi connectivity index (χ0n) is 11.5. The van der Waals surface area contributed by atoms with Crippen molar-refractivity contribution in [1.29, 1.82) is 0 Å². The number of carboxylic acid groups (broad SMARTS) is 1. The number of rotatable bonds is 1. The van der Waals surface area contributed by atoms with E-state index in [1.807, 2.05) is 0 Å². The van der Waals surface area contributed by atoms with Crippen LogP contribution in [0, 0.1) is 11.8 Å². The van der Waals surface area contributed by atoms with Crippen LogP contribution in [-0.4, -0.2) is 46.9 Å². The lowest BCUT2D eigenvalue weighted by molar-refractivity contribution is -0.206. The van der Waals surface area contributed by atoms with Crippen LogP contribution in [0.2, 0.25) is 0 Å². The van der Waals surface area contributed by atoms with Gasteiger partial charge in [0.05, 0.1) is 11.8 Å². The highest BCUT2D eigenvalue weighted by atomic mass is 19.4. The van der Waals surface area contributed by atoms with Crippen LogP contribution in [0.3, 0.4) is 0 Å². The van der Waals surface area contributed by atoms with Crippen LogP contribution in [0.15, 0.2) is 0 Å². The third-order valence-electron chi connectivity index (χ3n) is 3.00. The van der Waals surface area contributed by atoms with Crippen molar-refractivity contribution in [2.75, 3.05) is 13.1 Å². The van der Waals surface area contributed by atoms with Crippen molar-refractivity contribution in [1.82, 2.24) is 4.90 Å². The first-order chi connectivity index (χ1) is 8.92. The Labute approximate surface area is 114 Å². The molecule has 0 aromatic heterocycles. The van der Waals surface area contributed by atoms with Gasteiger partial charge in [-0.15, -0.1) is 0 Å². The molecule has 0 aromatic rings. The number of aliphatic carboxylic acids is 1. The topological polar surface area (TPSA) is 66.8 Å². The van der Waals surface area contributed by atoms with E-state index in [0.717, 1.165) is 4.90 Å². The van der Waals surface area contributed by atoms with Gasteiger partial charge in [0.15, 0.2) is 0 Å². The SMILES string of the molecule is CC(C)(C)OC(=O)N1CC[C@@H](C(F)(F)F)[C@H](C(=O)O)C1. The molecule has 1 fully saturated rings. The molecule has 1 amide bonds. The fourth-order valence-corrected chi connectivity index (χ4v) is 2.09. The minimum Gasteiger partial charge on any atom is -0.481 e. The van der Waals surface area contributed by atoms with Crippen LogP contribution < -0.4 is 0 Å². The summed E-state index contributed by atoms with van der Waals surface area (Å²) in [7, 11) is 0. The summed E-state index contributed by atoms with van der Waals surface area (Å²) in [6, 6.07) is 0. The molecule has 0 unspecified atom stereocenters. The van der Waals surface area contributed by atoms with Crippen LogP contribution in [0.1, 0.15) is 27.2 Å². The van der Waals surface area contributed by atoms with E-state index in [1.54, 1.807) is 20.8 Å². The molecule has 1 heterocycles. The normalized spacial score (nSPS) is 24.4. The fraction of sp³-hybridized carbons (Fsp3) is 0.833. The van der Waals surface area contributed by atoms with Gasteiger partial charge in [-0.3, -0.25) is 4.79 Å². The summed E-state index contributed by atoms with van der Waals surface area (Å²) in [6.07, 6.45) is -5.80. The maximum absolute atomic E-state index is 12.8. The van der Waals surface area contributed by atoms with E-state index in [1.165, 1.54) is 0 Å². The molecule has 1 aliphatic heterocycles. The van der Waals surface area contributed by atoms with Gasteiger partial charge in [-0.2, -0.15) is 13.2 Å². The number of carbonyl (C=O) groups excluding carboxylic acids is 1. The second-order valence-electron chi connectivity index (χ2n) is 5.81. The lowest BCUT2D eigenvalue weighted by atomic mass is 9.85. The molecule has 20 heavy (non-hydrogen) atoms. The highest BCUT2D eigenvalue weighted by Gasteiger charge is 2.50. The molecule has 5 nitrogen and oxygen atoms in total. The zero-order valence-corrected chi connectivity index (χ0v) is 11.5.